The largest absolute Gasteiger partial charge is 0.477 e. The summed E-state index contributed by atoms with van der Waals surface area (Å²) in [6.45, 7) is 1.61. The van der Waals surface area contributed by atoms with Gasteiger partial charge in [0.05, 0.1) is 18.5 Å². The zero-order chi connectivity index (χ0) is 10.7. The molecule has 1 aliphatic rings. The van der Waals surface area contributed by atoms with Gasteiger partial charge in [-0.1, -0.05) is 0 Å². The Morgan fingerprint density at radius 3 is 3.07 bits per heavy atom. The molecule has 80 valence electrons. The number of nitrogens with zero attached hydrogens (tertiary/aromatic N) is 1. The summed E-state index contributed by atoms with van der Waals surface area (Å²) in [5.41, 5.74) is 1.11. The van der Waals surface area contributed by atoms with Crippen LogP contribution in [0.1, 0.15) is 16.1 Å². The summed E-state index contributed by atoms with van der Waals surface area (Å²) >= 11 is 1.79. The molecule has 1 aromatic rings. The molecular weight excluding hydrogens is 214 g/mol. The third kappa shape index (κ3) is 2.70. The van der Waals surface area contributed by atoms with Gasteiger partial charge in [0.2, 0.25) is 0 Å². The van der Waals surface area contributed by atoms with Gasteiger partial charge in [0, 0.05) is 11.9 Å². The van der Waals surface area contributed by atoms with Gasteiger partial charge < -0.3 is 9.84 Å². The van der Waals surface area contributed by atoms with Gasteiger partial charge in [-0.05, 0) is 17.7 Å². The average Bonchev–Trinajstić information content (AvgIpc) is 2.16. The molecule has 1 aromatic heterocycles. The van der Waals surface area contributed by atoms with E-state index in [1.807, 2.05) is 6.07 Å². The summed E-state index contributed by atoms with van der Waals surface area (Å²) < 4.78 is 5.06. The van der Waals surface area contributed by atoms with Crippen LogP contribution in [0.15, 0.2) is 18.3 Å². The number of hydrogen-bond donors (Lipinski definition) is 1. The number of thioether (sulfide) groups is 1. The fourth-order valence-corrected chi connectivity index (χ4v) is 2.20. The Bertz CT molecular complexity index is 365. The number of rotatable bonds is 4. The topological polar surface area (TPSA) is 59.4 Å². The first-order valence-corrected chi connectivity index (χ1v) is 5.68. The first kappa shape index (κ1) is 10.4. The Morgan fingerprint density at radius 1 is 1.67 bits per heavy atom. The molecule has 1 N–H and O–H groups in total. The van der Waals surface area contributed by atoms with Crippen LogP contribution in [0.3, 0.4) is 0 Å². The average molecular weight is 225 g/mol. The lowest BCUT2D eigenvalue weighted by molar-refractivity contribution is 0.0455. The Hall–Kier alpha value is -1.07. The minimum atomic E-state index is -0.978. The van der Waals surface area contributed by atoms with Gasteiger partial charge in [-0.2, -0.15) is 0 Å². The highest BCUT2D eigenvalue weighted by molar-refractivity contribution is 7.99. The maximum atomic E-state index is 10.7. The summed E-state index contributed by atoms with van der Waals surface area (Å²) in [6.07, 6.45) is 1.54. The number of ether oxygens (including phenoxy) is 1. The van der Waals surface area contributed by atoms with E-state index in [0.717, 1.165) is 24.5 Å². The summed E-state index contributed by atoms with van der Waals surface area (Å²) in [4.78, 5) is 14.4. The van der Waals surface area contributed by atoms with Crippen LogP contribution in [0.2, 0.25) is 0 Å². The van der Waals surface area contributed by atoms with Crippen molar-refractivity contribution >= 4 is 17.7 Å². The fraction of sp³-hybridized carbons (Fsp3) is 0.400. The van der Waals surface area contributed by atoms with E-state index >= 15 is 0 Å². The standard InChI is InChI=1S/C10H11NO3S/c12-10(13)9-3-7(1-2-11-9)6-15-8-4-14-5-8/h1-3,8H,4-6H2,(H,12,13). The molecule has 1 aliphatic heterocycles. The van der Waals surface area contributed by atoms with Crippen molar-refractivity contribution in [2.75, 3.05) is 13.2 Å². The van der Waals surface area contributed by atoms with Crippen molar-refractivity contribution < 1.29 is 14.6 Å². The van der Waals surface area contributed by atoms with Gasteiger partial charge in [0.1, 0.15) is 5.69 Å². The Balaban J connectivity index is 1.94. The van der Waals surface area contributed by atoms with Crippen molar-refractivity contribution in [2.24, 2.45) is 0 Å². The monoisotopic (exact) mass is 225 g/mol. The number of carbonyl (C=O) groups is 1. The molecule has 1 fully saturated rings. The van der Waals surface area contributed by atoms with E-state index in [2.05, 4.69) is 4.98 Å². The predicted molar refractivity (Wildman–Crippen MR) is 57.1 cm³/mol. The van der Waals surface area contributed by atoms with Crippen molar-refractivity contribution in [1.29, 1.82) is 0 Å². The van der Waals surface area contributed by atoms with E-state index in [1.165, 1.54) is 6.20 Å². The van der Waals surface area contributed by atoms with Gasteiger partial charge in [0.15, 0.2) is 0 Å². The van der Waals surface area contributed by atoms with Gasteiger partial charge in [-0.3, -0.25) is 0 Å². The molecule has 0 radical (unpaired) electrons. The Morgan fingerprint density at radius 2 is 2.47 bits per heavy atom. The molecule has 15 heavy (non-hydrogen) atoms. The van der Waals surface area contributed by atoms with Crippen molar-refractivity contribution in [3.8, 4) is 0 Å². The van der Waals surface area contributed by atoms with E-state index in [9.17, 15) is 4.79 Å². The van der Waals surface area contributed by atoms with Crippen molar-refractivity contribution in [3.63, 3.8) is 0 Å². The Kier molecular flexibility index (Phi) is 3.23. The lowest BCUT2D eigenvalue weighted by Gasteiger charge is -2.25. The summed E-state index contributed by atoms with van der Waals surface area (Å²) in [7, 11) is 0. The highest BCUT2D eigenvalue weighted by Gasteiger charge is 2.18. The number of carboxylic acids is 1. The quantitative estimate of drug-likeness (QED) is 0.839. The summed E-state index contributed by atoms with van der Waals surface area (Å²) in [5.74, 6) is -0.162. The molecule has 4 nitrogen and oxygen atoms in total. The van der Waals surface area contributed by atoms with Crippen LogP contribution < -0.4 is 0 Å². The second-order valence-electron chi connectivity index (χ2n) is 3.32. The lowest BCUT2D eigenvalue weighted by atomic mass is 10.2. The van der Waals surface area contributed by atoms with E-state index in [4.69, 9.17) is 9.84 Å². The van der Waals surface area contributed by atoms with Gasteiger partial charge >= 0.3 is 5.97 Å². The smallest absolute Gasteiger partial charge is 0.354 e. The molecule has 0 amide bonds. The number of aromatic nitrogens is 1. The molecule has 5 heteroatoms. The number of carboxylic acid groups (broad SMARTS) is 1. The SMILES string of the molecule is O=C(O)c1cc(CSC2COC2)ccn1. The second-order valence-corrected chi connectivity index (χ2v) is 4.61. The van der Waals surface area contributed by atoms with Gasteiger partial charge in [-0.15, -0.1) is 11.8 Å². The maximum absolute atomic E-state index is 10.7. The first-order valence-electron chi connectivity index (χ1n) is 4.63. The summed E-state index contributed by atoms with van der Waals surface area (Å²) in [5, 5.41) is 9.32. The third-order valence-electron chi connectivity index (χ3n) is 2.14. The van der Waals surface area contributed by atoms with Crippen molar-refractivity contribution in [1.82, 2.24) is 4.98 Å². The van der Waals surface area contributed by atoms with Crippen LogP contribution in [0.5, 0.6) is 0 Å². The van der Waals surface area contributed by atoms with Crippen LogP contribution in [0.4, 0.5) is 0 Å². The number of hydrogen-bond acceptors (Lipinski definition) is 4. The van der Waals surface area contributed by atoms with Crippen LogP contribution in [0, 0.1) is 0 Å². The van der Waals surface area contributed by atoms with Crippen molar-refractivity contribution in [2.45, 2.75) is 11.0 Å². The zero-order valence-corrected chi connectivity index (χ0v) is 8.87. The van der Waals surface area contributed by atoms with Crippen LogP contribution in [-0.4, -0.2) is 34.5 Å². The minimum Gasteiger partial charge on any atom is -0.477 e. The molecule has 0 saturated carbocycles. The highest BCUT2D eigenvalue weighted by Crippen LogP contribution is 2.23. The van der Waals surface area contributed by atoms with E-state index in [-0.39, 0.29) is 5.69 Å². The van der Waals surface area contributed by atoms with E-state index in [0.29, 0.717) is 5.25 Å². The van der Waals surface area contributed by atoms with Gasteiger partial charge in [-0.25, -0.2) is 9.78 Å². The molecule has 0 aliphatic carbocycles. The lowest BCUT2D eigenvalue weighted by Crippen LogP contribution is -2.30. The summed E-state index contributed by atoms with van der Waals surface area (Å²) in [6, 6.07) is 3.47. The molecule has 0 bridgehead atoms. The van der Waals surface area contributed by atoms with E-state index in [1.54, 1.807) is 17.8 Å². The predicted octanol–water partition coefficient (Wildman–Crippen LogP) is 1.41. The van der Waals surface area contributed by atoms with Gasteiger partial charge in [0.25, 0.3) is 0 Å². The maximum Gasteiger partial charge on any atom is 0.354 e. The number of pyridine rings is 1. The third-order valence-corrected chi connectivity index (χ3v) is 3.38. The zero-order valence-electron chi connectivity index (χ0n) is 8.05. The van der Waals surface area contributed by atoms with Crippen LogP contribution in [0.25, 0.3) is 0 Å². The molecule has 2 rings (SSSR count). The minimum absolute atomic E-state index is 0.109. The Labute approximate surface area is 91.7 Å². The molecule has 0 atom stereocenters. The molecular formula is C10H11NO3S. The van der Waals surface area contributed by atoms with Crippen LogP contribution in [-0.2, 0) is 10.5 Å². The van der Waals surface area contributed by atoms with Crippen LogP contribution >= 0.6 is 11.8 Å². The molecule has 1 saturated heterocycles. The highest BCUT2D eigenvalue weighted by atomic mass is 32.2. The molecule has 0 unspecified atom stereocenters. The van der Waals surface area contributed by atoms with Crippen molar-refractivity contribution in [3.05, 3.63) is 29.6 Å². The molecule has 0 aromatic carbocycles. The molecule has 0 spiro atoms. The van der Waals surface area contributed by atoms with E-state index < -0.39 is 5.97 Å². The fourth-order valence-electron chi connectivity index (χ4n) is 1.21. The first-order chi connectivity index (χ1) is 7.25. The molecule has 2 heterocycles. The normalized spacial score (nSPS) is 16.0. The number of aromatic carboxylic acids is 1. The second kappa shape index (κ2) is 4.63.